The molecule has 0 unspecified atom stereocenters. The summed E-state index contributed by atoms with van der Waals surface area (Å²) >= 11 is 0. The highest BCUT2D eigenvalue weighted by atomic mass is 16.5. The van der Waals surface area contributed by atoms with Gasteiger partial charge in [0.15, 0.2) is 0 Å². The Balaban J connectivity index is 1.96. The first-order chi connectivity index (χ1) is 12.6. The maximum absolute atomic E-state index is 12.7. The number of hydrogen-bond acceptors (Lipinski definition) is 6. The van der Waals surface area contributed by atoms with Gasteiger partial charge in [-0.15, -0.1) is 0 Å². The number of aliphatic hydroxyl groups excluding tert-OH is 2. The van der Waals surface area contributed by atoms with E-state index in [2.05, 4.69) is 0 Å². The predicted molar refractivity (Wildman–Crippen MR) is 99.0 cm³/mol. The van der Waals surface area contributed by atoms with Gasteiger partial charge in [-0.1, -0.05) is 20.8 Å². The first-order valence-electron chi connectivity index (χ1n) is 10.2. The van der Waals surface area contributed by atoms with Crippen LogP contribution in [-0.4, -0.2) is 45.9 Å². The van der Waals surface area contributed by atoms with Gasteiger partial charge in [-0.05, 0) is 44.9 Å². The number of esters is 1. The molecule has 6 nitrogen and oxygen atoms in total. The molecular formula is C21H32O6. The number of Topliss-reactive ketones (excluding diaryl/α,β-unsaturated/α-hetero) is 1. The third-order valence-corrected chi connectivity index (χ3v) is 6.62. The van der Waals surface area contributed by atoms with Gasteiger partial charge in [-0.2, -0.15) is 0 Å². The monoisotopic (exact) mass is 380 g/mol. The lowest BCUT2D eigenvalue weighted by Gasteiger charge is -2.34. The molecule has 0 saturated carbocycles. The van der Waals surface area contributed by atoms with Crippen LogP contribution < -0.4 is 0 Å². The Morgan fingerprint density at radius 3 is 2.63 bits per heavy atom. The van der Waals surface area contributed by atoms with E-state index in [1.54, 1.807) is 6.92 Å². The molecule has 0 radical (unpaired) electrons. The molecule has 7 atom stereocenters. The molecule has 6 heteroatoms. The minimum absolute atomic E-state index is 0.0629. The Labute approximate surface area is 160 Å². The van der Waals surface area contributed by atoms with Crippen molar-refractivity contribution in [2.45, 2.75) is 90.1 Å². The number of ketones is 1. The van der Waals surface area contributed by atoms with Crippen LogP contribution in [0.1, 0.15) is 66.2 Å². The molecule has 0 spiro atoms. The molecule has 4 bridgehead atoms. The molecule has 4 aliphatic heterocycles. The number of rotatable bonds is 1. The molecule has 0 aromatic carbocycles. The zero-order valence-electron chi connectivity index (χ0n) is 16.7. The second-order valence-corrected chi connectivity index (χ2v) is 8.91. The second kappa shape index (κ2) is 7.55. The summed E-state index contributed by atoms with van der Waals surface area (Å²) in [5.41, 5.74) is -0.175. The van der Waals surface area contributed by atoms with E-state index in [1.807, 2.05) is 20.8 Å². The number of hydrogen-bond donors (Lipinski definition) is 2. The van der Waals surface area contributed by atoms with Crippen LogP contribution in [0.3, 0.4) is 0 Å². The number of carbonyl (C=O) groups is 2. The minimum atomic E-state index is -0.696. The third-order valence-electron chi connectivity index (χ3n) is 6.62. The van der Waals surface area contributed by atoms with Crippen LogP contribution in [0, 0.1) is 17.8 Å². The fourth-order valence-electron chi connectivity index (χ4n) is 4.99. The standard InChI is InChI=1S/C21H32O6/c1-5-13-17-9-15(22)11(2)8-16(23)19-12(3)10-21(4,27-19)7-6-14(18(13)24)20(25)26-17/h11-13,16-17,19,23-24H,5-10H2,1-4H3/t11-,12+,13-,16-,17-,19-,21+/m0/s1. The van der Waals surface area contributed by atoms with Crippen molar-refractivity contribution in [3.8, 4) is 0 Å². The maximum atomic E-state index is 12.7. The summed E-state index contributed by atoms with van der Waals surface area (Å²) in [6, 6.07) is 0. The highest BCUT2D eigenvalue weighted by molar-refractivity contribution is 5.91. The molecule has 2 fully saturated rings. The van der Waals surface area contributed by atoms with Crippen molar-refractivity contribution in [2.24, 2.45) is 17.8 Å². The molecule has 4 aliphatic rings. The van der Waals surface area contributed by atoms with E-state index in [-0.39, 0.29) is 41.8 Å². The van der Waals surface area contributed by atoms with Gasteiger partial charge in [-0.3, -0.25) is 4.79 Å². The topological polar surface area (TPSA) is 93.1 Å². The zero-order chi connectivity index (χ0) is 19.9. The Morgan fingerprint density at radius 2 is 1.96 bits per heavy atom. The van der Waals surface area contributed by atoms with Crippen molar-refractivity contribution in [3.63, 3.8) is 0 Å². The van der Waals surface area contributed by atoms with E-state index < -0.39 is 23.8 Å². The minimum Gasteiger partial charge on any atom is -0.511 e. The Kier molecular flexibility index (Phi) is 5.69. The molecule has 4 heterocycles. The zero-order valence-corrected chi connectivity index (χ0v) is 16.7. The average molecular weight is 380 g/mol. The number of carbonyl (C=O) groups excluding carboxylic acids is 2. The van der Waals surface area contributed by atoms with Gasteiger partial charge in [0.2, 0.25) is 0 Å². The lowest BCUT2D eigenvalue weighted by atomic mass is 9.84. The van der Waals surface area contributed by atoms with E-state index in [0.29, 0.717) is 31.3 Å². The number of ether oxygens (including phenoxy) is 2. The van der Waals surface area contributed by atoms with E-state index in [0.717, 1.165) is 6.42 Å². The van der Waals surface area contributed by atoms with Gasteiger partial charge >= 0.3 is 5.97 Å². The molecular weight excluding hydrogens is 348 g/mol. The summed E-state index contributed by atoms with van der Waals surface area (Å²) in [7, 11) is 0. The van der Waals surface area contributed by atoms with Gasteiger partial charge in [0, 0.05) is 12.3 Å². The number of fused-ring (bicyclic) bond motifs is 7. The molecule has 0 aliphatic carbocycles. The van der Waals surface area contributed by atoms with Gasteiger partial charge in [0.25, 0.3) is 0 Å². The van der Waals surface area contributed by atoms with Gasteiger partial charge in [0.05, 0.1) is 29.3 Å². The normalized spacial score (nSPS) is 43.6. The SMILES string of the molecule is CC[C@@H]1C(O)=C2CC[C@]3(C)C[C@@H](C)[C@H](O3)[C@@H](O)C[C@H](C)C(=O)C[C@@H]1OC2=O. The second-order valence-electron chi connectivity index (χ2n) is 8.91. The van der Waals surface area contributed by atoms with Crippen LogP contribution in [0.25, 0.3) is 0 Å². The first-order valence-corrected chi connectivity index (χ1v) is 10.2. The van der Waals surface area contributed by atoms with E-state index >= 15 is 0 Å². The smallest absolute Gasteiger partial charge is 0.337 e. The Morgan fingerprint density at radius 1 is 1.26 bits per heavy atom. The van der Waals surface area contributed by atoms with Crippen LogP contribution in [0.5, 0.6) is 0 Å². The summed E-state index contributed by atoms with van der Waals surface area (Å²) in [5.74, 6) is -1.08. The van der Waals surface area contributed by atoms with Crippen molar-refractivity contribution in [1.29, 1.82) is 0 Å². The number of aliphatic hydroxyl groups is 2. The van der Waals surface area contributed by atoms with E-state index in [1.165, 1.54) is 0 Å². The average Bonchev–Trinajstić information content (AvgIpc) is 2.89. The maximum Gasteiger partial charge on any atom is 0.337 e. The van der Waals surface area contributed by atoms with Crippen molar-refractivity contribution in [1.82, 2.24) is 0 Å². The van der Waals surface area contributed by atoms with Crippen LogP contribution in [0.15, 0.2) is 11.3 Å². The Bertz CT molecular complexity index is 641. The summed E-state index contributed by atoms with van der Waals surface area (Å²) in [6.45, 7) is 7.75. The first kappa shape index (κ1) is 20.3. The van der Waals surface area contributed by atoms with Crippen LogP contribution in [0.2, 0.25) is 0 Å². The van der Waals surface area contributed by atoms with Crippen LogP contribution in [-0.2, 0) is 19.1 Å². The summed E-state index contributed by atoms with van der Waals surface area (Å²) in [6.07, 6.45) is 1.03. The lowest BCUT2D eigenvalue weighted by Crippen LogP contribution is -2.40. The van der Waals surface area contributed by atoms with Crippen molar-refractivity contribution in [2.75, 3.05) is 0 Å². The quantitative estimate of drug-likeness (QED) is 0.679. The molecule has 2 saturated heterocycles. The summed E-state index contributed by atoms with van der Waals surface area (Å²) in [4.78, 5) is 25.2. The highest BCUT2D eigenvalue weighted by Gasteiger charge is 2.46. The van der Waals surface area contributed by atoms with Crippen LogP contribution >= 0.6 is 0 Å². The van der Waals surface area contributed by atoms with E-state index in [4.69, 9.17) is 9.47 Å². The molecule has 2 N–H and O–H groups in total. The third kappa shape index (κ3) is 3.92. The molecule has 4 rings (SSSR count). The fraction of sp³-hybridized carbons (Fsp3) is 0.810. The Hall–Kier alpha value is -1.40. The highest BCUT2D eigenvalue weighted by Crippen LogP contribution is 2.42. The molecule has 27 heavy (non-hydrogen) atoms. The van der Waals surface area contributed by atoms with Crippen molar-refractivity contribution < 1.29 is 29.3 Å². The molecule has 0 amide bonds. The fourth-order valence-corrected chi connectivity index (χ4v) is 4.99. The van der Waals surface area contributed by atoms with Crippen LogP contribution in [0.4, 0.5) is 0 Å². The molecule has 152 valence electrons. The largest absolute Gasteiger partial charge is 0.511 e. The van der Waals surface area contributed by atoms with E-state index in [9.17, 15) is 19.8 Å². The van der Waals surface area contributed by atoms with Crippen molar-refractivity contribution in [3.05, 3.63) is 11.3 Å². The van der Waals surface area contributed by atoms with Gasteiger partial charge < -0.3 is 19.7 Å². The lowest BCUT2D eigenvalue weighted by molar-refractivity contribution is -0.153. The van der Waals surface area contributed by atoms with Gasteiger partial charge in [-0.25, -0.2) is 4.79 Å². The predicted octanol–water partition coefficient (Wildman–Crippen LogP) is 3.07. The molecule has 0 aromatic rings. The van der Waals surface area contributed by atoms with Gasteiger partial charge in [0.1, 0.15) is 17.6 Å². The summed E-state index contributed by atoms with van der Waals surface area (Å²) in [5, 5.41) is 21.4. The summed E-state index contributed by atoms with van der Waals surface area (Å²) < 4.78 is 11.8. The van der Waals surface area contributed by atoms with Crippen molar-refractivity contribution >= 4 is 11.8 Å². The molecule has 0 aromatic heterocycles.